The van der Waals surface area contributed by atoms with E-state index >= 15 is 0 Å². The van der Waals surface area contributed by atoms with Crippen molar-refractivity contribution < 1.29 is 27.9 Å². The van der Waals surface area contributed by atoms with Gasteiger partial charge in [-0.2, -0.15) is 5.48 Å². The normalized spacial score (nSPS) is 12.2. The average molecular weight is 551 g/mol. The van der Waals surface area contributed by atoms with Crippen LogP contribution in [-0.4, -0.2) is 17.1 Å². The molecule has 5 nitrogen and oxygen atoms in total. The topological polar surface area (TPSA) is 70.6 Å². The number of carboxylic acids is 1. The lowest BCUT2D eigenvalue weighted by Gasteiger charge is -2.17. The van der Waals surface area contributed by atoms with Crippen molar-refractivity contribution in [2.75, 3.05) is 0 Å². The first-order chi connectivity index (χ1) is 19.3. The Hall–Kier alpha value is -3.98. The second-order valence-electron chi connectivity index (χ2n) is 9.25. The van der Waals surface area contributed by atoms with Crippen LogP contribution in [0, 0.1) is 17.5 Å². The Morgan fingerprint density at radius 1 is 0.800 bits per heavy atom. The van der Waals surface area contributed by atoms with Crippen LogP contribution < -0.4 is 10.8 Å². The van der Waals surface area contributed by atoms with E-state index in [2.05, 4.69) is 66.3 Å². The van der Waals surface area contributed by atoms with Gasteiger partial charge in [-0.3, -0.25) is 9.63 Å². The molecule has 0 saturated carbocycles. The number of rotatable bonds is 12. The lowest BCUT2D eigenvalue weighted by molar-refractivity contribution is -0.138. The zero-order valence-electron chi connectivity index (χ0n) is 22.2. The molecule has 0 spiro atoms. The van der Waals surface area contributed by atoms with Crippen LogP contribution in [0.3, 0.4) is 0 Å². The predicted octanol–water partition coefficient (Wildman–Crippen LogP) is 6.75. The number of hydroxylamine groups is 1. The molecule has 4 rings (SSSR count). The molecule has 3 N–H and O–H groups in total. The van der Waals surface area contributed by atoms with Gasteiger partial charge in [-0.1, -0.05) is 91.0 Å². The Morgan fingerprint density at radius 2 is 1.35 bits per heavy atom. The summed E-state index contributed by atoms with van der Waals surface area (Å²) >= 11 is 0. The lowest BCUT2D eigenvalue weighted by atomic mass is 10.0. The Morgan fingerprint density at radius 3 is 1.95 bits per heavy atom. The third-order valence-electron chi connectivity index (χ3n) is 6.06. The Labute approximate surface area is 232 Å². The summed E-state index contributed by atoms with van der Waals surface area (Å²) in [7, 11) is 0. The van der Waals surface area contributed by atoms with Gasteiger partial charge in [0.2, 0.25) is 0 Å². The van der Waals surface area contributed by atoms with E-state index in [1.807, 2.05) is 42.5 Å². The molecule has 0 bridgehead atoms. The maximum Gasteiger partial charge on any atom is 0.305 e. The van der Waals surface area contributed by atoms with Crippen molar-refractivity contribution in [2.45, 2.75) is 45.0 Å². The van der Waals surface area contributed by atoms with Crippen LogP contribution >= 0.6 is 0 Å². The van der Waals surface area contributed by atoms with Gasteiger partial charge in [0.15, 0.2) is 11.6 Å². The van der Waals surface area contributed by atoms with Crippen LogP contribution in [0.5, 0.6) is 0 Å². The molecule has 0 saturated heterocycles. The number of carboxylic acid groups (broad SMARTS) is 1. The first-order valence-electron chi connectivity index (χ1n) is 12.9. The highest BCUT2D eigenvalue weighted by molar-refractivity contribution is 5.67. The van der Waals surface area contributed by atoms with Crippen molar-refractivity contribution in [2.24, 2.45) is 0 Å². The largest absolute Gasteiger partial charge is 0.481 e. The summed E-state index contributed by atoms with van der Waals surface area (Å²) in [6.07, 6.45) is -0.530. The van der Waals surface area contributed by atoms with Crippen molar-refractivity contribution in [1.29, 1.82) is 0 Å². The number of benzene rings is 4. The summed E-state index contributed by atoms with van der Waals surface area (Å²) in [6, 6.07) is 30.9. The van der Waals surface area contributed by atoms with Crippen molar-refractivity contribution in [3.05, 3.63) is 143 Å². The van der Waals surface area contributed by atoms with Crippen LogP contribution in [0.15, 0.2) is 103 Å². The summed E-state index contributed by atoms with van der Waals surface area (Å²) in [5.41, 5.74) is 5.93. The second kappa shape index (κ2) is 16.2. The highest BCUT2D eigenvalue weighted by Gasteiger charge is 2.18. The number of nitrogens with one attached hydrogen (secondary N) is 2. The van der Waals surface area contributed by atoms with Crippen LogP contribution in [0.4, 0.5) is 13.2 Å². The van der Waals surface area contributed by atoms with E-state index in [0.29, 0.717) is 12.1 Å². The summed E-state index contributed by atoms with van der Waals surface area (Å²) in [5, 5.41) is 12.4. The van der Waals surface area contributed by atoms with Gasteiger partial charge in [0.05, 0.1) is 13.0 Å². The minimum Gasteiger partial charge on any atom is -0.481 e. The molecule has 0 unspecified atom stereocenters. The van der Waals surface area contributed by atoms with Gasteiger partial charge in [-0.05, 0) is 41.7 Å². The van der Waals surface area contributed by atoms with Crippen molar-refractivity contribution in [3.8, 4) is 0 Å². The third kappa shape index (κ3) is 10.6. The molecule has 0 aliphatic rings. The van der Waals surface area contributed by atoms with Gasteiger partial charge in [-0.15, -0.1) is 0 Å². The molecular weight excluding hydrogens is 517 g/mol. The van der Waals surface area contributed by atoms with Gasteiger partial charge in [0, 0.05) is 24.7 Å². The fourth-order valence-electron chi connectivity index (χ4n) is 3.90. The minimum atomic E-state index is -1.29. The van der Waals surface area contributed by atoms with Crippen molar-refractivity contribution in [3.63, 3.8) is 0 Å². The quantitative estimate of drug-likeness (QED) is 0.135. The molecule has 0 amide bonds. The van der Waals surface area contributed by atoms with Crippen LogP contribution in [0.1, 0.15) is 41.6 Å². The van der Waals surface area contributed by atoms with Gasteiger partial charge in [-0.25, -0.2) is 13.2 Å². The molecule has 0 radical (unpaired) electrons. The molecule has 40 heavy (non-hydrogen) atoms. The maximum absolute atomic E-state index is 13.7. The lowest BCUT2D eigenvalue weighted by Crippen LogP contribution is -2.33. The zero-order valence-corrected chi connectivity index (χ0v) is 22.2. The smallest absolute Gasteiger partial charge is 0.305 e. The van der Waals surface area contributed by atoms with Crippen LogP contribution in [-0.2, 0) is 29.2 Å². The Balaban J connectivity index is 0.000000238. The fourth-order valence-corrected chi connectivity index (χ4v) is 3.90. The van der Waals surface area contributed by atoms with Crippen LogP contribution in [0.25, 0.3) is 0 Å². The summed E-state index contributed by atoms with van der Waals surface area (Å²) < 4.78 is 39.9. The number of hydrogen-bond acceptors (Lipinski definition) is 4. The maximum atomic E-state index is 13.7. The molecule has 4 aromatic rings. The van der Waals surface area contributed by atoms with E-state index in [-0.39, 0.29) is 25.0 Å². The third-order valence-corrected chi connectivity index (χ3v) is 6.06. The monoisotopic (exact) mass is 550 g/mol. The van der Waals surface area contributed by atoms with E-state index < -0.39 is 29.5 Å². The van der Waals surface area contributed by atoms with E-state index in [1.165, 1.54) is 11.1 Å². The predicted molar refractivity (Wildman–Crippen MR) is 149 cm³/mol. The Kier molecular flexibility index (Phi) is 12.4. The van der Waals surface area contributed by atoms with Gasteiger partial charge in [0.25, 0.3) is 0 Å². The fraction of sp³-hybridized carbons (Fsp3) is 0.219. The van der Waals surface area contributed by atoms with Crippen molar-refractivity contribution >= 4 is 5.97 Å². The number of aliphatic carboxylic acids is 1. The average Bonchev–Trinajstić information content (AvgIpc) is 2.96. The molecule has 210 valence electrons. The SMILES string of the molecule is C[C@@H](NCc1ccccc1)c1ccccc1.O=C(O)C[C@@H](Cc1cc(F)c(F)cc1F)NOCc1ccccc1. The van der Waals surface area contributed by atoms with Gasteiger partial charge >= 0.3 is 5.97 Å². The highest BCUT2D eigenvalue weighted by atomic mass is 19.2. The molecule has 8 heteroatoms. The summed E-state index contributed by atoms with van der Waals surface area (Å²) in [4.78, 5) is 16.2. The zero-order chi connectivity index (χ0) is 28.7. The molecule has 0 fully saturated rings. The number of carbonyl (C=O) groups is 1. The van der Waals surface area contributed by atoms with Crippen LogP contribution in [0.2, 0.25) is 0 Å². The second-order valence-corrected chi connectivity index (χ2v) is 9.25. The molecule has 0 aliphatic heterocycles. The van der Waals surface area contributed by atoms with Gasteiger partial charge in [0.1, 0.15) is 5.82 Å². The van der Waals surface area contributed by atoms with Gasteiger partial charge < -0.3 is 10.4 Å². The molecule has 0 aliphatic carbocycles. The molecule has 4 aromatic carbocycles. The molecule has 2 atom stereocenters. The molecule has 0 heterocycles. The van der Waals surface area contributed by atoms with Crippen molar-refractivity contribution in [1.82, 2.24) is 10.8 Å². The highest BCUT2D eigenvalue weighted by Crippen LogP contribution is 2.17. The standard InChI is InChI=1S/C17H16F3NO3.C15H17N/c18-14-9-16(20)15(19)7-12(14)6-13(8-17(22)23)21-24-10-11-4-2-1-3-5-11;1-13(15-10-6-3-7-11-15)16-12-14-8-4-2-5-9-14/h1-5,7,9,13,21H,6,8,10H2,(H,22,23);2-11,13,16H,12H2,1H3/t2*13-/m11/s1. The summed E-state index contributed by atoms with van der Waals surface area (Å²) in [5.74, 6) is -4.54. The Bertz CT molecular complexity index is 1310. The first kappa shape index (κ1) is 30.6. The minimum absolute atomic E-state index is 0.129. The number of hydrogen-bond donors (Lipinski definition) is 3. The molecule has 0 aromatic heterocycles. The number of halogens is 3. The first-order valence-corrected chi connectivity index (χ1v) is 12.9. The van der Waals surface area contributed by atoms with E-state index in [9.17, 15) is 18.0 Å². The molecular formula is C32H33F3N2O3. The van der Waals surface area contributed by atoms with E-state index in [4.69, 9.17) is 9.94 Å². The van der Waals surface area contributed by atoms with E-state index in [1.54, 1.807) is 0 Å². The summed E-state index contributed by atoms with van der Waals surface area (Å²) in [6.45, 7) is 3.28. The van der Waals surface area contributed by atoms with E-state index in [0.717, 1.165) is 18.2 Å².